The van der Waals surface area contributed by atoms with Crippen molar-refractivity contribution in [3.05, 3.63) is 101 Å². The van der Waals surface area contributed by atoms with Crippen molar-refractivity contribution >= 4 is 28.6 Å². The van der Waals surface area contributed by atoms with Gasteiger partial charge in [0.15, 0.2) is 22.9 Å². The number of hydrogen-bond donors (Lipinski definition) is 1. The van der Waals surface area contributed by atoms with E-state index >= 15 is 0 Å². The Bertz CT molecular complexity index is 1530. The van der Waals surface area contributed by atoms with Crippen molar-refractivity contribution in [3.63, 3.8) is 0 Å². The third-order valence-electron chi connectivity index (χ3n) is 5.32. The summed E-state index contributed by atoms with van der Waals surface area (Å²) in [6.07, 6.45) is -0.715. The average Bonchev–Trinajstić information content (AvgIpc) is 3.32. The number of hydrogen-bond acceptors (Lipinski definition) is 7. The van der Waals surface area contributed by atoms with Gasteiger partial charge in [-0.15, -0.1) is 10.2 Å². The highest BCUT2D eigenvalue weighted by Gasteiger charge is 2.20. The van der Waals surface area contributed by atoms with E-state index in [1.807, 2.05) is 65.2 Å². The van der Waals surface area contributed by atoms with Crippen LogP contribution in [0.5, 0.6) is 0 Å². The molecule has 1 N–H and O–H groups in total. The summed E-state index contributed by atoms with van der Waals surface area (Å²) in [6.45, 7) is 1.68. The Morgan fingerprint density at radius 1 is 0.971 bits per heavy atom. The molecule has 3 aromatic carbocycles. The third-order valence-corrected chi connectivity index (χ3v) is 6.23. The van der Waals surface area contributed by atoms with E-state index in [9.17, 15) is 9.59 Å². The fourth-order valence-electron chi connectivity index (χ4n) is 3.65. The number of ether oxygens (including phenoxy) is 1. The second kappa shape index (κ2) is 9.94. The lowest BCUT2D eigenvalue weighted by Crippen LogP contribution is -2.18. The minimum Gasteiger partial charge on any atom is -0.454 e. The molecule has 0 spiro atoms. The first-order valence-electron chi connectivity index (χ1n) is 11.0. The van der Waals surface area contributed by atoms with Gasteiger partial charge in [0.2, 0.25) is 0 Å². The van der Waals surface area contributed by atoms with E-state index in [1.54, 1.807) is 31.2 Å². The first-order chi connectivity index (χ1) is 17.1. The molecule has 0 aliphatic rings. The third kappa shape index (κ3) is 4.85. The number of para-hydroxylation sites is 2. The second-order valence-corrected chi connectivity index (χ2v) is 8.67. The summed E-state index contributed by atoms with van der Waals surface area (Å²) in [5.41, 5.74) is 2.08. The molecule has 9 heteroatoms. The molecule has 2 aromatic heterocycles. The van der Waals surface area contributed by atoms with Gasteiger partial charge in [0, 0.05) is 11.3 Å². The molecule has 2 heterocycles. The Hall–Kier alpha value is -4.24. The Labute approximate surface area is 205 Å². The van der Waals surface area contributed by atoms with Gasteiger partial charge in [-0.1, -0.05) is 72.4 Å². The minimum absolute atomic E-state index is 0.0158. The zero-order valence-electron chi connectivity index (χ0n) is 18.8. The highest BCUT2D eigenvalue weighted by Crippen LogP contribution is 2.28. The average molecular weight is 484 g/mol. The van der Waals surface area contributed by atoms with Crippen LogP contribution in [0.4, 0.5) is 0 Å². The molecule has 0 fully saturated rings. The minimum atomic E-state index is -0.715. The molecule has 174 valence electrons. The monoisotopic (exact) mass is 483 g/mol. The SMILES string of the molecule is CC(OC(=O)CSc1nnc(-c2ccccc2)n1-c1ccccc1)c1nc2ccccc2c(=O)[nH]1. The first-order valence-corrected chi connectivity index (χ1v) is 12.0. The molecule has 0 amide bonds. The number of rotatable bonds is 7. The van der Waals surface area contributed by atoms with E-state index in [1.165, 1.54) is 11.8 Å². The number of nitrogens with one attached hydrogen (secondary N) is 1. The van der Waals surface area contributed by atoms with Crippen LogP contribution < -0.4 is 5.56 Å². The summed E-state index contributed by atoms with van der Waals surface area (Å²) >= 11 is 1.23. The number of carbonyl (C=O) groups excluding carboxylic acids is 1. The van der Waals surface area contributed by atoms with Gasteiger partial charge < -0.3 is 9.72 Å². The van der Waals surface area contributed by atoms with Crippen molar-refractivity contribution < 1.29 is 9.53 Å². The molecule has 0 saturated heterocycles. The molecule has 8 nitrogen and oxygen atoms in total. The number of fused-ring (bicyclic) bond motifs is 1. The summed E-state index contributed by atoms with van der Waals surface area (Å²) in [5, 5.41) is 9.76. The van der Waals surface area contributed by atoms with E-state index in [-0.39, 0.29) is 11.3 Å². The van der Waals surface area contributed by atoms with E-state index in [2.05, 4.69) is 20.2 Å². The summed E-state index contributed by atoms with van der Waals surface area (Å²) in [4.78, 5) is 32.1. The maximum atomic E-state index is 12.7. The van der Waals surface area contributed by atoms with Crippen molar-refractivity contribution in [2.75, 3.05) is 5.75 Å². The van der Waals surface area contributed by atoms with Gasteiger partial charge in [-0.3, -0.25) is 14.2 Å². The van der Waals surface area contributed by atoms with Crippen LogP contribution in [0.25, 0.3) is 28.0 Å². The van der Waals surface area contributed by atoms with Crippen LogP contribution in [0.3, 0.4) is 0 Å². The second-order valence-electron chi connectivity index (χ2n) is 7.73. The predicted molar refractivity (Wildman–Crippen MR) is 134 cm³/mol. The van der Waals surface area contributed by atoms with E-state index in [0.29, 0.717) is 27.7 Å². The molecule has 35 heavy (non-hydrogen) atoms. The lowest BCUT2D eigenvalue weighted by Gasteiger charge is -2.13. The number of esters is 1. The lowest BCUT2D eigenvalue weighted by atomic mass is 10.2. The Morgan fingerprint density at radius 2 is 1.66 bits per heavy atom. The van der Waals surface area contributed by atoms with Gasteiger partial charge in [-0.05, 0) is 31.2 Å². The largest absolute Gasteiger partial charge is 0.454 e. The van der Waals surface area contributed by atoms with Crippen molar-refractivity contribution in [3.8, 4) is 17.1 Å². The normalized spacial score (nSPS) is 11.9. The van der Waals surface area contributed by atoms with Gasteiger partial charge in [-0.2, -0.15) is 0 Å². The summed E-state index contributed by atoms with van der Waals surface area (Å²) in [6, 6.07) is 26.5. The van der Waals surface area contributed by atoms with Gasteiger partial charge in [-0.25, -0.2) is 4.98 Å². The summed E-state index contributed by atoms with van der Waals surface area (Å²) < 4.78 is 7.46. The van der Waals surface area contributed by atoms with Crippen LogP contribution in [0.2, 0.25) is 0 Å². The van der Waals surface area contributed by atoms with Crippen LogP contribution >= 0.6 is 11.8 Å². The molecule has 5 aromatic rings. The number of carbonyl (C=O) groups is 1. The van der Waals surface area contributed by atoms with Crippen molar-refractivity contribution in [1.82, 2.24) is 24.7 Å². The number of aromatic amines is 1. The predicted octanol–water partition coefficient (Wildman–Crippen LogP) is 4.57. The molecular weight excluding hydrogens is 462 g/mol. The molecule has 0 aliphatic heterocycles. The van der Waals surface area contributed by atoms with Crippen molar-refractivity contribution in [2.45, 2.75) is 18.2 Å². The molecule has 0 radical (unpaired) electrons. The lowest BCUT2D eigenvalue weighted by molar-refractivity contribution is -0.145. The highest BCUT2D eigenvalue weighted by molar-refractivity contribution is 7.99. The van der Waals surface area contributed by atoms with Crippen LogP contribution in [0, 0.1) is 0 Å². The van der Waals surface area contributed by atoms with Gasteiger partial charge in [0.25, 0.3) is 5.56 Å². The van der Waals surface area contributed by atoms with Crippen LogP contribution in [0.1, 0.15) is 18.9 Å². The smallest absolute Gasteiger partial charge is 0.317 e. The van der Waals surface area contributed by atoms with Gasteiger partial charge in [0.1, 0.15) is 0 Å². The molecule has 5 rings (SSSR count). The Kier molecular flexibility index (Phi) is 6.40. The number of nitrogens with zero attached hydrogens (tertiary/aromatic N) is 4. The molecule has 0 aliphatic carbocycles. The zero-order valence-corrected chi connectivity index (χ0v) is 19.6. The van der Waals surface area contributed by atoms with Crippen LogP contribution in [-0.4, -0.2) is 36.5 Å². The first kappa shape index (κ1) is 22.5. The zero-order chi connectivity index (χ0) is 24.2. The summed E-state index contributed by atoms with van der Waals surface area (Å²) in [5.74, 6) is 0.536. The molecule has 0 bridgehead atoms. The highest BCUT2D eigenvalue weighted by atomic mass is 32.2. The summed E-state index contributed by atoms with van der Waals surface area (Å²) in [7, 11) is 0. The van der Waals surface area contributed by atoms with Crippen LogP contribution in [0.15, 0.2) is 94.9 Å². The Morgan fingerprint density at radius 3 is 2.43 bits per heavy atom. The fourth-order valence-corrected chi connectivity index (χ4v) is 4.39. The molecule has 0 saturated carbocycles. The maximum Gasteiger partial charge on any atom is 0.317 e. The number of H-pyrrole nitrogens is 1. The van der Waals surface area contributed by atoms with Gasteiger partial charge >= 0.3 is 5.97 Å². The fraction of sp³-hybridized carbons (Fsp3) is 0.115. The standard InChI is InChI=1S/C26H21N5O3S/c1-17(23-27-21-15-9-8-14-20(21)25(33)28-23)34-22(32)16-35-26-30-29-24(18-10-4-2-5-11-18)31(26)19-12-6-3-7-13-19/h2-15,17H,16H2,1H3,(H,27,28,33). The quantitative estimate of drug-likeness (QED) is 0.267. The maximum absolute atomic E-state index is 12.7. The number of thioether (sulfide) groups is 1. The number of benzene rings is 3. The van der Waals surface area contributed by atoms with E-state index in [0.717, 1.165) is 11.3 Å². The topological polar surface area (TPSA) is 103 Å². The molecule has 1 unspecified atom stereocenters. The molecular formula is C26H21N5O3S. The Balaban J connectivity index is 1.34. The van der Waals surface area contributed by atoms with E-state index < -0.39 is 12.1 Å². The van der Waals surface area contributed by atoms with Gasteiger partial charge in [0.05, 0.1) is 16.7 Å². The van der Waals surface area contributed by atoms with Crippen molar-refractivity contribution in [2.24, 2.45) is 0 Å². The van der Waals surface area contributed by atoms with Crippen LogP contribution in [-0.2, 0) is 9.53 Å². The van der Waals surface area contributed by atoms with Crippen molar-refractivity contribution in [1.29, 1.82) is 0 Å². The van der Waals surface area contributed by atoms with E-state index in [4.69, 9.17) is 4.74 Å². The number of aromatic nitrogens is 5. The molecule has 1 atom stereocenters.